The second-order valence-electron chi connectivity index (χ2n) is 5.90. The minimum absolute atomic E-state index is 0.0602. The van der Waals surface area contributed by atoms with E-state index in [1.165, 1.54) is 13.4 Å². The molecule has 0 saturated carbocycles. The topological polar surface area (TPSA) is 75.7 Å². The van der Waals surface area contributed by atoms with E-state index in [9.17, 15) is 13.2 Å². The van der Waals surface area contributed by atoms with Gasteiger partial charge in [0.15, 0.2) is 0 Å². The van der Waals surface area contributed by atoms with Crippen LogP contribution in [0.1, 0.15) is 13.8 Å². The Balaban J connectivity index is 2.57. The van der Waals surface area contributed by atoms with Crippen LogP contribution in [0.15, 0.2) is 0 Å². The van der Waals surface area contributed by atoms with Crippen molar-refractivity contribution in [2.45, 2.75) is 19.9 Å². The van der Waals surface area contributed by atoms with Gasteiger partial charge in [-0.05, 0) is 11.8 Å². The van der Waals surface area contributed by atoms with Gasteiger partial charge in [0.2, 0.25) is 5.91 Å². The molecule has 0 unspecified atom stereocenters. The third kappa shape index (κ3) is 5.76. The largest absolute Gasteiger partial charge is 0.375 e. The zero-order chi connectivity index (χ0) is 15.3. The quantitative estimate of drug-likeness (QED) is 0.702. The highest BCUT2D eigenvalue weighted by atomic mass is 32.2. The lowest BCUT2D eigenvalue weighted by molar-refractivity contribution is -0.125. The molecule has 0 spiro atoms. The molecule has 118 valence electrons. The Morgan fingerprint density at radius 2 is 2.05 bits per heavy atom. The summed E-state index contributed by atoms with van der Waals surface area (Å²) in [6, 6.07) is 0.0669. The van der Waals surface area contributed by atoms with Gasteiger partial charge in [-0.2, -0.15) is 0 Å². The van der Waals surface area contributed by atoms with Gasteiger partial charge in [0.25, 0.3) is 0 Å². The van der Waals surface area contributed by atoms with Crippen LogP contribution in [0.25, 0.3) is 0 Å². The van der Waals surface area contributed by atoms with Crippen molar-refractivity contribution in [2.24, 2.45) is 11.8 Å². The van der Waals surface area contributed by atoms with Crippen LogP contribution in [0, 0.1) is 11.8 Å². The smallest absolute Gasteiger partial charge is 0.246 e. The first-order valence-electron chi connectivity index (χ1n) is 6.91. The Bertz CT molecular complexity index is 422. The minimum Gasteiger partial charge on any atom is -0.375 e. The van der Waals surface area contributed by atoms with Gasteiger partial charge in [0.1, 0.15) is 16.4 Å². The Morgan fingerprint density at radius 1 is 1.40 bits per heavy atom. The molecule has 1 fully saturated rings. The molecule has 1 heterocycles. The molecule has 0 bridgehead atoms. The van der Waals surface area contributed by atoms with E-state index in [0.29, 0.717) is 24.9 Å². The Morgan fingerprint density at radius 3 is 2.55 bits per heavy atom. The van der Waals surface area contributed by atoms with Crippen LogP contribution in [0.3, 0.4) is 0 Å². The molecular formula is C13H26N2O4S. The first kappa shape index (κ1) is 17.4. The van der Waals surface area contributed by atoms with E-state index >= 15 is 0 Å². The van der Waals surface area contributed by atoms with E-state index in [1.807, 2.05) is 0 Å². The second-order valence-corrected chi connectivity index (χ2v) is 8.16. The molecule has 1 rings (SSSR count). The first-order chi connectivity index (χ1) is 9.23. The molecule has 1 aliphatic heterocycles. The molecule has 0 aromatic carbocycles. The van der Waals surface area contributed by atoms with Crippen LogP contribution < -0.4 is 5.32 Å². The molecule has 0 aromatic heterocycles. The van der Waals surface area contributed by atoms with Crippen LogP contribution in [0.5, 0.6) is 0 Å². The highest BCUT2D eigenvalue weighted by Gasteiger charge is 2.35. The fourth-order valence-corrected chi connectivity index (χ4v) is 3.19. The van der Waals surface area contributed by atoms with Gasteiger partial charge in [-0.15, -0.1) is 0 Å². The van der Waals surface area contributed by atoms with Gasteiger partial charge < -0.3 is 10.1 Å². The van der Waals surface area contributed by atoms with Crippen LogP contribution >= 0.6 is 0 Å². The zero-order valence-corrected chi connectivity index (χ0v) is 13.6. The van der Waals surface area contributed by atoms with Crippen LogP contribution in [0.4, 0.5) is 0 Å². The maximum absolute atomic E-state index is 11.6. The lowest BCUT2D eigenvalue weighted by Crippen LogP contribution is -2.43. The lowest BCUT2D eigenvalue weighted by Gasteiger charge is -2.22. The molecule has 6 nitrogen and oxygen atoms in total. The number of rotatable bonds is 7. The zero-order valence-electron chi connectivity index (χ0n) is 12.8. The van der Waals surface area contributed by atoms with Crippen molar-refractivity contribution in [1.29, 1.82) is 0 Å². The first-order valence-corrected chi connectivity index (χ1v) is 8.97. The molecule has 2 atom stereocenters. The number of carbonyl (C=O) groups excluding carboxylic acids is 1. The molecular weight excluding hydrogens is 280 g/mol. The Hall–Kier alpha value is -0.660. The standard InChI is InChI=1S/C13H26N2O4S/c1-10(2)11-7-15(5-6-20(4,17)18)8-12(11)14-13(16)9-19-3/h10-12H,5-9H2,1-4H3,(H,14,16)/t11-,12+/m0/s1. The average Bonchev–Trinajstić information content (AvgIpc) is 2.69. The number of nitrogens with one attached hydrogen (secondary N) is 1. The summed E-state index contributed by atoms with van der Waals surface area (Å²) in [5, 5.41) is 2.98. The summed E-state index contributed by atoms with van der Waals surface area (Å²) in [5.74, 6) is 0.825. The van der Waals surface area contributed by atoms with E-state index in [2.05, 4.69) is 24.1 Å². The molecule has 1 amide bonds. The number of methoxy groups -OCH3 is 1. The van der Waals surface area contributed by atoms with Crippen molar-refractivity contribution in [3.05, 3.63) is 0 Å². The number of ether oxygens (including phenoxy) is 1. The van der Waals surface area contributed by atoms with Gasteiger partial charge in [-0.25, -0.2) is 8.42 Å². The highest BCUT2D eigenvalue weighted by Crippen LogP contribution is 2.24. The van der Waals surface area contributed by atoms with Gasteiger partial charge in [0, 0.05) is 39.0 Å². The molecule has 0 aromatic rings. The van der Waals surface area contributed by atoms with Crippen molar-refractivity contribution in [3.8, 4) is 0 Å². The van der Waals surface area contributed by atoms with Crippen molar-refractivity contribution in [3.63, 3.8) is 0 Å². The SMILES string of the molecule is COCC(=O)N[C@@H]1CN(CCS(C)(=O)=O)C[C@H]1C(C)C. The highest BCUT2D eigenvalue weighted by molar-refractivity contribution is 7.90. The predicted molar refractivity (Wildman–Crippen MR) is 78.3 cm³/mol. The number of hydrogen-bond acceptors (Lipinski definition) is 5. The summed E-state index contributed by atoms with van der Waals surface area (Å²) in [6.45, 7) is 6.36. The number of amides is 1. The number of hydrogen-bond donors (Lipinski definition) is 1. The van der Waals surface area contributed by atoms with Gasteiger partial charge >= 0.3 is 0 Å². The molecule has 1 saturated heterocycles. The number of likely N-dealkylation sites (tertiary alicyclic amines) is 1. The van der Waals surface area contributed by atoms with Crippen LogP contribution in [0.2, 0.25) is 0 Å². The molecule has 1 N–H and O–H groups in total. The van der Waals surface area contributed by atoms with Gasteiger partial charge in [0.05, 0.1) is 5.75 Å². The fraction of sp³-hybridized carbons (Fsp3) is 0.923. The summed E-state index contributed by atoms with van der Waals surface area (Å²) < 4.78 is 27.3. The summed E-state index contributed by atoms with van der Waals surface area (Å²) >= 11 is 0. The summed E-state index contributed by atoms with van der Waals surface area (Å²) in [7, 11) is -1.45. The monoisotopic (exact) mass is 306 g/mol. The minimum atomic E-state index is -2.95. The van der Waals surface area contributed by atoms with E-state index in [0.717, 1.165) is 6.54 Å². The summed E-state index contributed by atoms with van der Waals surface area (Å²) in [5.41, 5.74) is 0. The summed E-state index contributed by atoms with van der Waals surface area (Å²) in [4.78, 5) is 13.8. The molecule has 0 aliphatic carbocycles. The molecule has 0 radical (unpaired) electrons. The maximum Gasteiger partial charge on any atom is 0.246 e. The third-order valence-electron chi connectivity index (χ3n) is 3.70. The Kier molecular flexibility index (Phi) is 6.42. The van der Waals surface area contributed by atoms with Crippen LogP contribution in [-0.4, -0.2) is 70.6 Å². The second kappa shape index (κ2) is 7.38. The molecule has 1 aliphatic rings. The van der Waals surface area contributed by atoms with Crippen molar-refractivity contribution < 1.29 is 17.9 Å². The number of sulfone groups is 1. The maximum atomic E-state index is 11.6. The van der Waals surface area contributed by atoms with Crippen molar-refractivity contribution in [1.82, 2.24) is 10.2 Å². The fourth-order valence-electron chi connectivity index (χ4n) is 2.60. The summed E-state index contributed by atoms with van der Waals surface area (Å²) in [6.07, 6.45) is 1.25. The van der Waals surface area contributed by atoms with E-state index < -0.39 is 9.84 Å². The normalized spacial score (nSPS) is 24.2. The Labute approximate surface area is 121 Å². The number of carbonyl (C=O) groups is 1. The molecule has 20 heavy (non-hydrogen) atoms. The van der Waals surface area contributed by atoms with E-state index in [4.69, 9.17) is 4.74 Å². The van der Waals surface area contributed by atoms with Crippen LogP contribution in [-0.2, 0) is 19.4 Å². The van der Waals surface area contributed by atoms with Gasteiger partial charge in [-0.3, -0.25) is 9.69 Å². The van der Waals surface area contributed by atoms with Gasteiger partial charge in [-0.1, -0.05) is 13.8 Å². The van der Waals surface area contributed by atoms with Crippen molar-refractivity contribution >= 4 is 15.7 Å². The van der Waals surface area contributed by atoms with Crippen molar-refractivity contribution in [2.75, 3.05) is 45.4 Å². The third-order valence-corrected chi connectivity index (χ3v) is 4.62. The number of nitrogens with zero attached hydrogens (tertiary/aromatic N) is 1. The lowest BCUT2D eigenvalue weighted by atomic mass is 9.91. The predicted octanol–water partition coefficient (Wildman–Crippen LogP) is -0.250. The molecule has 7 heteroatoms. The average molecular weight is 306 g/mol. The van der Waals surface area contributed by atoms with E-state index in [-0.39, 0.29) is 24.3 Å². The van der Waals surface area contributed by atoms with E-state index in [1.54, 1.807) is 0 Å².